The minimum absolute atomic E-state index is 0.154. The molecule has 116 valence electrons. The molecule has 2 unspecified atom stereocenters. The van der Waals surface area contributed by atoms with Crippen molar-refractivity contribution in [3.8, 4) is 0 Å². The smallest absolute Gasteiger partial charge is 0.0223 e. The number of hydrogen-bond acceptors (Lipinski definition) is 3. The summed E-state index contributed by atoms with van der Waals surface area (Å²) in [5, 5.41) is 0. The van der Waals surface area contributed by atoms with Gasteiger partial charge in [-0.05, 0) is 45.6 Å². The second-order valence-corrected chi connectivity index (χ2v) is 7.66. The van der Waals surface area contributed by atoms with Crippen LogP contribution in [-0.4, -0.2) is 53.6 Å². The topological polar surface area (TPSA) is 32.5 Å². The third kappa shape index (κ3) is 3.37. The maximum Gasteiger partial charge on any atom is 0.0223 e. The van der Waals surface area contributed by atoms with E-state index >= 15 is 0 Å². The summed E-state index contributed by atoms with van der Waals surface area (Å²) in [5.74, 6) is 0. The Hall–Kier alpha value is -0.120. The Bertz CT molecular complexity index is 311. The van der Waals surface area contributed by atoms with Gasteiger partial charge in [-0.25, -0.2) is 0 Å². The van der Waals surface area contributed by atoms with E-state index < -0.39 is 0 Å². The summed E-state index contributed by atoms with van der Waals surface area (Å²) in [7, 11) is 0. The van der Waals surface area contributed by atoms with Gasteiger partial charge in [0.2, 0.25) is 0 Å². The number of rotatable bonds is 3. The molecular formula is C17H33N3. The highest BCUT2D eigenvalue weighted by Crippen LogP contribution is 2.30. The first-order valence-corrected chi connectivity index (χ1v) is 8.93. The van der Waals surface area contributed by atoms with Crippen LogP contribution in [0.4, 0.5) is 0 Å². The van der Waals surface area contributed by atoms with Crippen LogP contribution in [0.2, 0.25) is 0 Å². The van der Waals surface area contributed by atoms with Gasteiger partial charge in [0.05, 0.1) is 0 Å². The van der Waals surface area contributed by atoms with Crippen LogP contribution in [0.15, 0.2) is 0 Å². The van der Waals surface area contributed by atoms with Gasteiger partial charge in [0.15, 0.2) is 0 Å². The fraction of sp³-hybridized carbons (Fsp3) is 1.00. The minimum Gasteiger partial charge on any atom is -0.325 e. The number of piperidine rings is 1. The highest BCUT2D eigenvalue weighted by Gasteiger charge is 2.34. The number of nitrogens with zero attached hydrogens (tertiary/aromatic N) is 2. The molecule has 0 aromatic rings. The van der Waals surface area contributed by atoms with Gasteiger partial charge in [-0.3, -0.25) is 9.80 Å². The number of fused-ring (bicyclic) bond motifs is 1. The average molecular weight is 279 g/mol. The quantitative estimate of drug-likeness (QED) is 0.862. The Balaban J connectivity index is 1.51. The zero-order chi connectivity index (χ0) is 14.0. The second-order valence-electron chi connectivity index (χ2n) is 7.66. The van der Waals surface area contributed by atoms with Crippen LogP contribution in [0.1, 0.15) is 64.7 Å². The Kier molecular flexibility index (Phi) is 4.68. The summed E-state index contributed by atoms with van der Waals surface area (Å²) in [5.41, 5.74) is 6.77. The van der Waals surface area contributed by atoms with E-state index in [2.05, 4.69) is 16.7 Å². The minimum atomic E-state index is 0.154. The third-order valence-corrected chi connectivity index (χ3v) is 6.06. The lowest BCUT2D eigenvalue weighted by atomic mass is 9.80. The lowest BCUT2D eigenvalue weighted by Gasteiger charge is -2.48. The monoisotopic (exact) mass is 279 g/mol. The normalized spacial score (nSPS) is 35.7. The molecule has 0 aromatic carbocycles. The molecule has 3 heteroatoms. The molecule has 1 saturated carbocycles. The number of nitrogens with two attached hydrogens (primary N) is 1. The second kappa shape index (κ2) is 6.33. The van der Waals surface area contributed by atoms with Crippen LogP contribution in [0, 0.1) is 0 Å². The van der Waals surface area contributed by atoms with E-state index in [0.717, 1.165) is 12.1 Å². The zero-order valence-electron chi connectivity index (χ0n) is 13.3. The van der Waals surface area contributed by atoms with Crippen molar-refractivity contribution >= 4 is 0 Å². The van der Waals surface area contributed by atoms with E-state index in [-0.39, 0.29) is 5.54 Å². The first kappa shape index (κ1) is 14.8. The van der Waals surface area contributed by atoms with Crippen LogP contribution in [0.5, 0.6) is 0 Å². The van der Waals surface area contributed by atoms with Crippen molar-refractivity contribution in [2.45, 2.75) is 82.3 Å². The van der Waals surface area contributed by atoms with Gasteiger partial charge in [-0.2, -0.15) is 0 Å². The molecule has 2 N–H and O–H groups in total. The third-order valence-electron chi connectivity index (χ3n) is 6.06. The zero-order valence-corrected chi connectivity index (χ0v) is 13.3. The Labute approximate surface area is 124 Å². The van der Waals surface area contributed by atoms with Crippen LogP contribution in [0.25, 0.3) is 0 Å². The van der Waals surface area contributed by atoms with Crippen LogP contribution in [0.3, 0.4) is 0 Å². The maximum atomic E-state index is 6.62. The van der Waals surface area contributed by atoms with E-state index in [1.807, 2.05) is 0 Å². The summed E-state index contributed by atoms with van der Waals surface area (Å²) in [4.78, 5) is 5.47. The van der Waals surface area contributed by atoms with Crippen molar-refractivity contribution < 1.29 is 0 Å². The Morgan fingerprint density at radius 3 is 2.65 bits per heavy atom. The summed E-state index contributed by atoms with van der Waals surface area (Å²) < 4.78 is 0. The molecule has 3 fully saturated rings. The van der Waals surface area contributed by atoms with Crippen LogP contribution >= 0.6 is 0 Å². The molecule has 0 amide bonds. The molecule has 2 saturated heterocycles. The fourth-order valence-electron chi connectivity index (χ4n) is 4.60. The number of hydrogen-bond donors (Lipinski definition) is 1. The van der Waals surface area contributed by atoms with Gasteiger partial charge in [-0.1, -0.05) is 25.7 Å². The first-order valence-electron chi connectivity index (χ1n) is 8.93. The average Bonchev–Trinajstić information content (AvgIpc) is 2.46. The fourth-order valence-corrected chi connectivity index (χ4v) is 4.60. The van der Waals surface area contributed by atoms with Crippen LogP contribution in [-0.2, 0) is 0 Å². The maximum absolute atomic E-state index is 6.62. The van der Waals surface area contributed by atoms with Crippen LogP contribution < -0.4 is 5.73 Å². The van der Waals surface area contributed by atoms with Crippen molar-refractivity contribution in [3.05, 3.63) is 0 Å². The predicted molar refractivity (Wildman–Crippen MR) is 84.9 cm³/mol. The molecule has 0 aromatic heterocycles. The predicted octanol–water partition coefficient (Wildman–Crippen LogP) is 2.60. The van der Waals surface area contributed by atoms with Gasteiger partial charge in [0, 0.05) is 37.3 Å². The molecule has 0 bridgehead atoms. The van der Waals surface area contributed by atoms with E-state index in [1.54, 1.807) is 0 Å². The van der Waals surface area contributed by atoms with Gasteiger partial charge in [0.1, 0.15) is 0 Å². The highest BCUT2D eigenvalue weighted by molar-refractivity contribution is 4.92. The summed E-state index contributed by atoms with van der Waals surface area (Å²) in [6.07, 6.45) is 12.1. The standard InChI is InChI=1S/C17H33N3/c1-15-13-20-11-6-3-7-16(20)14-19(15)12-10-17(18)8-4-2-5-9-17/h15-16H,2-14,18H2,1H3. The SMILES string of the molecule is CC1CN2CCCCC2CN1CCC1(N)CCCCC1. The molecular weight excluding hydrogens is 246 g/mol. The van der Waals surface area contributed by atoms with Crippen molar-refractivity contribution in [2.75, 3.05) is 26.2 Å². The molecule has 2 atom stereocenters. The molecule has 3 nitrogen and oxygen atoms in total. The van der Waals surface area contributed by atoms with E-state index in [0.29, 0.717) is 0 Å². The lowest BCUT2D eigenvalue weighted by Crippen LogP contribution is -2.59. The molecule has 2 heterocycles. The summed E-state index contributed by atoms with van der Waals surface area (Å²) in [6.45, 7) is 7.54. The molecule has 0 radical (unpaired) electrons. The molecule has 3 aliphatic rings. The van der Waals surface area contributed by atoms with Crippen molar-refractivity contribution in [3.63, 3.8) is 0 Å². The molecule has 1 aliphatic carbocycles. The largest absolute Gasteiger partial charge is 0.325 e. The van der Waals surface area contributed by atoms with E-state index in [4.69, 9.17) is 5.73 Å². The highest BCUT2D eigenvalue weighted by atomic mass is 15.3. The van der Waals surface area contributed by atoms with Gasteiger partial charge < -0.3 is 5.73 Å². The van der Waals surface area contributed by atoms with Gasteiger partial charge >= 0.3 is 0 Å². The number of piperazine rings is 1. The summed E-state index contributed by atoms with van der Waals surface area (Å²) in [6, 6.07) is 1.55. The van der Waals surface area contributed by atoms with E-state index in [9.17, 15) is 0 Å². The van der Waals surface area contributed by atoms with Crippen molar-refractivity contribution in [1.82, 2.24) is 9.80 Å². The first-order chi connectivity index (χ1) is 9.66. The van der Waals surface area contributed by atoms with Gasteiger partial charge in [-0.15, -0.1) is 0 Å². The van der Waals surface area contributed by atoms with Gasteiger partial charge in [0.25, 0.3) is 0 Å². The molecule has 0 spiro atoms. The van der Waals surface area contributed by atoms with Crippen molar-refractivity contribution in [2.24, 2.45) is 5.73 Å². The molecule has 20 heavy (non-hydrogen) atoms. The Morgan fingerprint density at radius 2 is 1.85 bits per heavy atom. The molecule has 3 rings (SSSR count). The summed E-state index contributed by atoms with van der Waals surface area (Å²) >= 11 is 0. The van der Waals surface area contributed by atoms with E-state index in [1.165, 1.54) is 84.0 Å². The van der Waals surface area contributed by atoms with Crippen molar-refractivity contribution in [1.29, 1.82) is 0 Å². The Morgan fingerprint density at radius 1 is 1.05 bits per heavy atom. The lowest BCUT2D eigenvalue weighted by molar-refractivity contribution is 0.0109. The molecule has 2 aliphatic heterocycles.